The van der Waals surface area contributed by atoms with Crippen LogP contribution in [0.4, 0.5) is 4.79 Å². The van der Waals surface area contributed by atoms with E-state index in [1.165, 1.54) is 7.05 Å². The zero-order valence-electron chi connectivity index (χ0n) is 12.1. The van der Waals surface area contributed by atoms with Crippen LogP contribution in [0.2, 0.25) is 0 Å². The number of benzene rings is 2. The number of imide groups is 1. The molecule has 2 aromatic rings. The van der Waals surface area contributed by atoms with Crippen molar-refractivity contribution in [1.29, 1.82) is 0 Å². The lowest BCUT2D eigenvalue weighted by Gasteiger charge is -2.16. The minimum absolute atomic E-state index is 0.409. The Bertz CT molecular complexity index is 617. The van der Waals surface area contributed by atoms with Gasteiger partial charge in [-0.05, 0) is 17.7 Å². The molecule has 0 spiro atoms. The lowest BCUT2D eigenvalue weighted by atomic mass is 10.2. The van der Waals surface area contributed by atoms with Crippen molar-refractivity contribution in [3.05, 3.63) is 71.8 Å². The lowest BCUT2D eigenvalue weighted by molar-refractivity contribution is 0.0831. The Balaban J connectivity index is 2.01. The number of urea groups is 1. The highest BCUT2D eigenvalue weighted by Crippen LogP contribution is 2.04. The van der Waals surface area contributed by atoms with Gasteiger partial charge in [-0.2, -0.15) is 0 Å². The molecule has 0 fully saturated rings. The van der Waals surface area contributed by atoms with Crippen LogP contribution in [0.25, 0.3) is 0 Å². The van der Waals surface area contributed by atoms with E-state index in [9.17, 15) is 9.59 Å². The SMILES string of the molecule is [2H]C(NC(=O)N(C)C(=O)c1ccccc1)c1ccccc1. The molecule has 0 heterocycles. The molecule has 3 amide bonds. The Kier molecular flexibility index (Phi) is 4.05. The molecule has 0 saturated heterocycles. The highest BCUT2D eigenvalue weighted by molar-refractivity contribution is 6.03. The van der Waals surface area contributed by atoms with Gasteiger partial charge in [-0.3, -0.25) is 9.69 Å². The Morgan fingerprint density at radius 3 is 2.20 bits per heavy atom. The summed E-state index contributed by atoms with van der Waals surface area (Å²) in [7, 11) is 1.39. The van der Waals surface area contributed by atoms with E-state index < -0.39 is 18.5 Å². The molecular formula is C16H16N2O2. The number of nitrogens with zero attached hydrogens (tertiary/aromatic N) is 1. The van der Waals surface area contributed by atoms with E-state index >= 15 is 0 Å². The molecule has 2 aromatic carbocycles. The summed E-state index contributed by atoms with van der Waals surface area (Å²) >= 11 is 0. The highest BCUT2D eigenvalue weighted by Gasteiger charge is 2.17. The maximum atomic E-state index is 12.1. The largest absolute Gasteiger partial charge is 0.334 e. The van der Waals surface area contributed by atoms with Crippen molar-refractivity contribution >= 4 is 11.9 Å². The zero-order chi connectivity index (χ0) is 15.2. The molecule has 0 radical (unpaired) electrons. The van der Waals surface area contributed by atoms with Gasteiger partial charge in [-0.25, -0.2) is 4.79 Å². The van der Waals surface area contributed by atoms with Gasteiger partial charge in [0.25, 0.3) is 5.91 Å². The summed E-state index contributed by atoms with van der Waals surface area (Å²) in [4.78, 5) is 25.1. The van der Waals surface area contributed by atoms with Crippen molar-refractivity contribution in [2.24, 2.45) is 0 Å². The fourth-order valence-corrected chi connectivity index (χ4v) is 1.66. The maximum absolute atomic E-state index is 12.1. The Morgan fingerprint density at radius 2 is 1.60 bits per heavy atom. The summed E-state index contributed by atoms with van der Waals surface area (Å²) in [5, 5.41) is 2.48. The second-order valence-electron chi connectivity index (χ2n) is 4.23. The van der Waals surface area contributed by atoms with Gasteiger partial charge < -0.3 is 5.32 Å². The van der Waals surface area contributed by atoms with Crippen molar-refractivity contribution in [2.45, 2.75) is 6.52 Å². The third-order valence-corrected chi connectivity index (χ3v) is 2.79. The smallest absolute Gasteiger partial charge is 0.324 e. The Hall–Kier alpha value is -2.62. The number of nitrogens with one attached hydrogen (secondary N) is 1. The first-order valence-corrected chi connectivity index (χ1v) is 6.20. The van der Waals surface area contributed by atoms with Crippen LogP contribution in [-0.4, -0.2) is 23.9 Å². The molecular weight excluding hydrogens is 252 g/mol. The average Bonchev–Trinajstić information content (AvgIpc) is 2.55. The van der Waals surface area contributed by atoms with Crippen LogP contribution in [0.15, 0.2) is 60.7 Å². The Labute approximate surface area is 119 Å². The molecule has 2 rings (SSSR count). The van der Waals surface area contributed by atoms with Crippen molar-refractivity contribution in [3.8, 4) is 0 Å². The minimum atomic E-state index is -0.912. The summed E-state index contributed by atoms with van der Waals surface area (Å²) in [5.74, 6) is -0.409. The molecule has 20 heavy (non-hydrogen) atoms. The lowest BCUT2D eigenvalue weighted by Crippen LogP contribution is -2.40. The number of hydrogen-bond donors (Lipinski definition) is 1. The van der Waals surface area contributed by atoms with Crippen molar-refractivity contribution in [1.82, 2.24) is 10.2 Å². The predicted octanol–water partition coefficient (Wildman–Crippen LogP) is 2.67. The van der Waals surface area contributed by atoms with E-state index in [1.807, 2.05) is 6.07 Å². The van der Waals surface area contributed by atoms with Crippen LogP contribution in [0.5, 0.6) is 0 Å². The third kappa shape index (κ3) is 3.45. The van der Waals surface area contributed by atoms with Crippen LogP contribution in [-0.2, 0) is 6.52 Å². The number of rotatable bonds is 3. The van der Waals surface area contributed by atoms with Gasteiger partial charge in [-0.15, -0.1) is 0 Å². The molecule has 0 bridgehead atoms. The molecule has 0 aliphatic carbocycles. The third-order valence-electron chi connectivity index (χ3n) is 2.79. The fraction of sp³-hybridized carbons (Fsp3) is 0.125. The van der Waals surface area contributed by atoms with E-state index in [-0.39, 0.29) is 0 Å². The van der Waals surface area contributed by atoms with Crippen molar-refractivity contribution in [2.75, 3.05) is 7.05 Å². The quantitative estimate of drug-likeness (QED) is 0.931. The molecule has 1 unspecified atom stereocenters. The monoisotopic (exact) mass is 269 g/mol. The molecule has 4 heteroatoms. The summed E-state index contributed by atoms with van der Waals surface area (Å²) in [6, 6.07) is 16.9. The molecule has 102 valence electrons. The van der Waals surface area contributed by atoms with Gasteiger partial charge in [0.2, 0.25) is 0 Å². The Morgan fingerprint density at radius 1 is 1.05 bits per heavy atom. The normalized spacial score (nSPS) is 12.2. The number of carbonyl (C=O) groups excluding carboxylic acids is 2. The standard InChI is InChI=1S/C16H16N2O2/c1-18(15(19)14-10-6-3-7-11-14)16(20)17-12-13-8-4-2-5-9-13/h2-11H,12H2,1H3,(H,17,20)/i12D. The topological polar surface area (TPSA) is 49.4 Å². The van der Waals surface area contributed by atoms with E-state index in [0.29, 0.717) is 11.1 Å². The van der Waals surface area contributed by atoms with Crippen LogP contribution < -0.4 is 5.32 Å². The number of amides is 3. The first kappa shape index (κ1) is 12.4. The molecule has 0 aliphatic heterocycles. The van der Waals surface area contributed by atoms with Crippen LogP contribution in [0.1, 0.15) is 17.3 Å². The minimum Gasteiger partial charge on any atom is -0.334 e. The fourth-order valence-electron chi connectivity index (χ4n) is 1.66. The van der Waals surface area contributed by atoms with Gasteiger partial charge >= 0.3 is 6.03 Å². The van der Waals surface area contributed by atoms with E-state index in [1.54, 1.807) is 54.6 Å². The second kappa shape index (κ2) is 6.52. The van der Waals surface area contributed by atoms with Crippen LogP contribution in [0, 0.1) is 0 Å². The van der Waals surface area contributed by atoms with Crippen LogP contribution in [0.3, 0.4) is 0 Å². The van der Waals surface area contributed by atoms with Gasteiger partial charge in [-0.1, -0.05) is 48.5 Å². The van der Waals surface area contributed by atoms with Crippen LogP contribution >= 0.6 is 0 Å². The van der Waals surface area contributed by atoms with Gasteiger partial charge in [0.05, 0.1) is 1.37 Å². The molecule has 0 aliphatic rings. The van der Waals surface area contributed by atoms with E-state index in [0.717, 1.165) is 4.90 Å². The predicted molar refractivity (Wildman–Crippen MR) is 77.2 cm³/mol. The van der Waals surface area contributed by atoms with Gasteiger partial charge in [0.1, 0.15) is 0 Å². The molecule has 4 nitrogen and oxygen atoms in total. The summed E-state index contributed by atoms with van der Waals surface area (Å²) in [6.45, 7) is -0.912. The average molecular weight is 269 g/mol. The van der Waals surface area contributed by atoms with E-state index in [4.69, 9.17) is 1.37 Å². The van der Waals surface area contributed by atoms with Crippen molar-refractivity contribution < 1.29 is 11.0 Å². The van der Waals surface area contributed by atoms with Gasteiger partial charge in [0, 0.05) is 19.1 Å². The second-order valence-corrected chi connectivity index (χ2v) is 4.23. The summed E-state index contributed by atoms with van der Waals surface area (Å²) in [6.07, 6.45) is 0. The molecule has 1 N–H and O–H groups in total. The van der Waals surface area contributed by atoms with Crippen molar-refractivity contribution in [3.63, 3.8) is 0 Å². The van der Waals surface area contributed by atoms with Gasteiger partial charge in [0.15, 0.2) is 0 Å². The number of carbonyl (C=O) groups is 2. The zero-order valence-corrected chi connectivity index (χ0v) is 11.1. The highest BCUT2D eigenvalue weighted by atomic mass is 16.2. The molecule has 0 saturated carbocycles. The van der Waals surface area contributed by atoms with E-state index in [2.05, 4.69) is 5.32 Å². The summed E-state index contributed by atoms with van der Waals surface area (Å²) in [5.41, 5.74) is 1.09. The molecule has 0 aromatic heterocycles. The first-order chi connectivity index (χ1) is 10.1. The molecule has 1 atom stereocenters. The maximum Gasteiger partial charge on any atom is 0.324 e. The first-order valence-electron chi connectivity index (χ1n) is 6.78. The summed E-state index contributed by atoms with van der Waals surface area (Å²) < 4.78 is 7.91. The number of hydrogen-bond acceptors (Lipinski definition) is 2.